The lowest BCUT2D eigenvalue weighted by atomic mass is 9.92. The van der Waals surface area contributed by atoms with Crippen molar-refractivity contribution < 1.29 is 22.7 Å². The Labute approximate surface area is 130 Å². The molecule has 3 rings (SSSR count). The minimum atomic E-state index is -2.95. The molecule has 5 nitrogen and oxygen atoms in total. The molecule has 23 heavy (non-hydrogen) atoms. The predicted molar refractivity (Wildman–Crippen MR) is 77.9 cm³/mol. The molecular weight excluding hydrogens is 311 g/mol. The molecule has 1 aliphatic carbocycles. The summed E-state index contributed by atoms with van der Waals surface area (Å²) in [6, 6.07) is 3.85. The number of amides is 1. The summed E-state index contributed by atoms with van der Waals surface area (Å²) in [5, 5.41) is 2.39. The number of alkyl halides is 2. The first-order valence-corrected chi connectivity index (χ1v) is 7.12. The van der Waals surface area contributed by atoms with Gasteiger partial charge in [-0.25, -0.2) is 13.2 Å². The number of benzene rings is 1. The second-order valence-electron chi connectivity index (χ2n) is 6.07. The number of carbonyl (C=O) groups is 1. The molecule has 2 atom stereocenters. The van der Waals surface area contributed by atoms with Gasteiger partial charge in [0.25, 0.3) is 5.92 Å². The molecule has 0 spiro atoms. The number of nitrogens with two attached hydrogens (primary N) is 1. The molecule has 8 heteroatoms. The third kappa shape index (κ3) is 3.03. The number of hydrogen-bond donors (Lipinski definition) is 2. The molecule has 1 amide bonds. The highest BCUT2D eigenvalue weighted by atomic mass is 19.3. The Bertz CT molecular complexity index is 693. The van der Waals surface area contributed by atoms with Crippen molar-refractivity contribution >= 4 is 17.4 Å². The summed E-state index contributed by atoms with van der Waals surface area (Å²) in [7, 11) is 0. The minimum Gasteiger partial charge on any atom is -0.386 e. The van der Waals surface area contributed by atoms with Crippen molar-refractivity contribution in [1.82, 2.24) is 0 Å². The summed E-state index contributed by atoms with van der Waals surface area (Å²) in [6.45, 7) is 1.95. The summed E-state index contributed by atoms with van der Waals surface area (Å²) in [6.07, 6.45) is -0.459. The van der Waals surface area contributed by atoms with Gasteiger partial charge in [0.05, 0.1) is 6.61 Å². The summed E-state index contributed by atoms with van der Waals surface area (Å²) in [5.74, 6) is -5.34. The van der Waals surface area contributed by atoms with Crippen LogP contribution < -0.4 is 11.1 Å². The molecular formula is C15H16F3N3O2. The molecule has 124 valence electrons. The average molecular weight is 327 g/mol. The van der Waals surface area contributed by atoms with E-state index in [-0.39, 0.29) is 30.3 Å². The zero-order chi connectivity index (χ0) is 16.8. The van der Waals surface area contributed by atoms with Crippen LogP contribution in [-0.4, -0.2) is 30.9 Å². The van der Waals surface area contributed by atoms with Crippen molar-refractivity contribution in [3.8, 4) is 0 Å². The number of ether oxygens (including phenoxy) is 1. The topological polar surface area (TPSA) is 76.7 Å². The Morgan fingerprint density at radius 3 is 2.78 bits per heavy atom. The van der Waals surface area contributed by atoms with Crippen molar-refractivity contribution in [2.45, 2.75) is 24.8 Å². The third-order valence-corrected chi connectivity index (χ3v) is 3.98. The van der Waals surface area contributed by atoms with Crippen molar-refractivity contribution in [1.29, 1.82) is 0 Å². The molecule has 2 aliphatic rings. The maximum Gasteiger partial charge on any atom is 0.260 e. The summed E-state index contributed by atoms with van der Waals surface area (Å²) < 4.78 is 45.3. The minimum absolute atomic E-state index is 0.128. The van der Waals surface area contributed by atoms with Gasteiger partial charge in [-0.1, -0.05) is 0 Å². The van der Waals surface area contributed by atoms with E-state index in [2.05, 4.69) is 10.3 Å². The van der Waals surface area contributed by atoms with E-state index in [1.807, 2.05) is 0 Å². The van der Waals surface area contributed by atoms with Crippen LogP contribution in [0.5, 0.6) is 0 Å². The lowest BCUT2D eigenvalue weighted by Crippen LogP contribution is -2.38. The van der Waals surface area contributed by atoms with Gasteiger partial charge in [0.1, 0.15) is 29.7 Å². The highest BCUT2D eigenvalue weighted by molar-refractivity contribution is 5.95. The molecule has 1 fully saturated rings. The predicted octanol–water partition coefficient (Wildman–Crippen LogP) is 2.02. The molecule has 0 radical (unpaired) electrons. The normalized spacial score (nSPS) is 28.9. The summed E-state index contributed by atoms with van der Waals surface area (Å²) in [5.41, 5.74) is 5.02. The van der Waals surface area contributed by atoms with Gasteiger partial charge < -0.3 is 15.8 Å². The molecule has 1 saturated carbocycles. The van der Waals surface area contributed by atoms with Crippen molar-refractivity contribution in [2.24, 2.45) is 16.6 Å². The molecule has 1 heterocycles. The van der Waals surface area contributed by atoms with Gasteiger partial charge >= 0.3 is 0 Å². The highest BCUT2D eigenvalue weighted by Crippen LogP contribution is 2.49. The quantitative estimate of drug-likeness (QED) is 0.892. The van der Waals surface area contributed by atoms with E-state index in [4.69, 9.17) is 10.5 Å². The van der Waals surface area contributed by atoms with Crippen LogP contribution in [0, 0.1) is 11.7 Å². The lowest BCUT2D eigenvalue weighted by molar-refractivity contribution is -0.119. The van der Waals surface area contributed by atoms with E-state index < -0.39 is 35.5 Å². The Hall–Kier alpha value is -2.09. The fourth-order valence-corrected chi connectivity index (χ4v) is 2.62. The monoisotopic (exact) mass is 327 g/mol. The number of anilines is 1. The number of nitrogens with zero attached hydrogens (tertiary/aromatic N) is 1. The molecule has 3 N–H and O–H groups in total. The first-order chi connectivity index (χ1) is 10.7. The van der Waals surface area contributed by atoms with Crippen LogP contribution in [0.25, 0.3) is 0 Å². The lowest BCUT2D eigenvalue weighted by Gasteiger charge is -2.30. The van der Waals surface area contributed by atoms with E-state index in [1.165, 1.54) is 12.1 Å². The molecule has 1 aromatic carbocycles. The smallest absolute Gasteiger partial charge is 0.260 e. The van der Waals surface area contributed by atoms with Crippen LogP contribution >= 0.6 is 0 Å². The maximum atomic E-state index is 14.2. The van der Waals surface area contributed by atoms with Crippen molar-refractivity contribution in [3.05, 3.63) is 29.6 Å². The van der Waals surface area contributed by atoms with Gasteiger partial charge in [0.15, 0.2) is 0 Å². The number of carbonyl (C=O) groups excluding carboxylic acids is 1. The van der Waals surface area contributed by atoms with E-state index in [0.29, 0.717) is 0 Å². The number of hydrogen-bond acceptors (Lipinski definition) is 4. The average Bonchev–Trinajstić information content (AvgIpc) is 3.10. The van der Waals surface area contributed by atoms with Crippen LogP contribution in [0.1, 0.15) is 18.9 Å². The van der Waals surface area contributed by atoms with Gasteiger partial charge in [-0.3, -0.25) is 9.79 Å². The Morgan fingerprint density at radius 1 is 1.48 bits per heavy atom. The van der Waals surface area contributed by atoms with E-state index in [0.717, 1.165) is 6.07 Å². The van der Waals surface area contributed by atoms with E-state index in [1.54, 1.807) is 6.92 Å². The first kappa shape index (κ1) is 15.8. The standard InChI is InChI=1S/C15H16F3N3O2/c1-14(7-23-6-12(19)21-14)9-4-8(2-3-11(9)16)20-13(22)10-5-15(10,17)18/h2-4,10H,5-7H2,1H3,(H2,19,21)(H,20,22). The van der Waals surface area contributed by atoms with Crippen LogP contribution in [0.2, 0.25) is 0 Å². The van der Waals surface area contributed by atoms with Crippen LogP contribution in [0.15, 0.2) is 23.2 Å². The fraction of sp³-hybridized carbons (Fsp3) is 0.467. The van der Waals surface area contributed by atoms with Gasteiger partial charge in [-0.05, 0) is 25.1 Å². The van der Waals surface area contributed by atoms with E-state index in [9.17, 15) is 18.0 Å². The van der Waals surface area contributed by atoms with Gasteiger partial charge in [-0.2, -0.15) is 0 Å². The molecule has 0 aromatic heterocycles. The molecule has 2 unspecified atom stereocenters. The number of nitrogens with one attached hydrogen (secondary N) is 1. The summed E-state index contributed by atoms with van der Waals surface area (Å²) in [4.78, 5) is 16.0. The number of rotatable bonds is 3. The molecule has 1 aromatic rings. The van der Waals surface area contributed by atoms with Gasteiger partial charge in [-0.15, -0.1) is 0 Å². The molecule has 0 bridgehead atoms. The highest BCUT2D eigenvalue weighted by Gasteiger charge is 2.61. The Balaban J connectivity index is 1.85. The largest absolute Gasteiger partial charge is 0.386 e. The zero-order valence-electron chi connectivity index (χ0n) is 12.4. The second kappa shape index (κ2) is 5.23. The first-order valence-electron chi connectivity index (χ1n) is 7.12. The van der Waals surface area contributed by atoms with Gasteiger partial charge in [0.2, 0.25) is 5.91 Å². The van der Waals surface area contributed by atoms with Gasteiger partial charge in [0, 0.05) is 17.7 Å². The zero-order valence-corrected chi connectivity index (χ0v) is 12.4. The van der Waals surface area contributed by atoms with Crippen LogP contribution in [0.4, 0.5) is 18.9 Å². The Kier molecular flexibility index (Phi) is 3.59. The molecule has 0 saturated heterocycles. The van der Waals surface area contributed by atoms with Crippen LogP contribution in [-0.2, 0) is 15.1 Å². The maximum absolute atomic E-state index is 14.2. The fourth-order valence-electron chi connectivity index (χ4n) is 2.62. The number of halogens is 3. The summed E-state index contributed by atoms with van der Waals surface area (Å²) >= 11 is 0. The number of amidine groups is 1. The SMILES string of the molecule is CC1(c2cc(NC(=O)C3CC3(F)F)ccc2F)COCC(N)=N1. The van der Waals surface area contributed by atoms with Crippen molar-refractivity contribution in [2.75, 3.05) is 18.5 Å². The number of aliphatic imine (C=N–C) groups is 1. The Morgan fingerprint density at radius 2 is 2.17 bits per heavy atom. The van der Waals surface area contributed by atoms with Crippen molar-refractivity contribution in [3.63, 3.8) is 0 Å². The second-order valence-corrected chi connectivity index (χ2v) is 6.07. The van der Waals surface area contributed by atoms with Crippen LogP contribution in [0.3, 0.4) is 0 Å². The third-order valence-electron chi connectivity index (χ3n) is 3.98. The van der Waals surface area contributed by atoms with E-state index >= 15 is 0 Å². The molecule has 1 aliphatic heterocycles.